The second kappa shape index (κ2) is 7.41. The van der Waals surface area contributed by atoms with Crippen LogP contribution in [0.4, 0.5) is 5.69 Å². The van der Waals surface area contributed by atoms with Crippen LogP contribution in [-0.4, -0.2) is 19.0 Å². The third-order valence-corrected chi connectivity index (χ3v) is 4.51. The maximum Gasteiger partial charge on any atom is 0.238 e. The van der Waals surface area contributed by atoms with Crippen molar-refractivity contribution in [3.63, 3.8) is 0 Å². The topological polar surface area (TPSA) is 41.1 Å². The van der Waals surface area contributed by atoms with Gasteiger partial charge >= 0.3 is 0 Å². The predicted octanol–water partition coefficient (Wildman–Crippen LogP) is 3.95. The van der Waals surface area contributed by atoms with E-state index in [4.69, 9.17) is 0 Å². The van der Waals surface area contributed by atoms with Crippen molar-refractivity contribution in [3.8, 4) is 0 Å². The molecule has 3 heteroatoms. The summed E-state index contributed by atoms with van der Waals surface area (Å²) < 4.78 is 0. The van der Waals surface area contributed by atoms with Gasteiger partial charge in [-0.25, -0.2) is 0 Å². The van der Waals surface area contributed by atoms with E-state index in [0.29, 0.717) is 6.54 Å². The number of nitrogens with one attached hydrogen (secondary N) is 2. The van der Waals surface area contributed by atoms with Crippen LogP contribution in [0.25, 0.3) is 10.8 Å². The lowest BCUT2D eigenvalue weighted by atomic mass is 9.89. The quantitative estimate of drug-likeness (QED) is 0.877. The van der Waals surface area contributed by atoms with Gasteiger partial charge in [0.1, 0.15) is 0 Å². The summed E-state index contributed by atoms with van der Waals surface area (Å²) in [6.07, 6.45) is 6.66. The molecule has 0 unspecified atom stereocenters. The molecule has 1 fully saturated rings. The third kappa shape index (κ3) is 3.86. The van der Waals surface area contributed by atoms with Crippen molar-refractivity contribution in [2.75, 3.05) is 18.4 Å². The number of benzene rings is 2. The molecule has 0 saturated heterocycles. The first kappa shape index (κ1) is 15.0. The van der Waals surface area contributed by atoms with Crippen molar-refractivity contribution in [3.05, 3.63) is 42.5 Å². The summed E-state index contributed by atoms with van der Waals surface area (Å²) in [5.41, 5.74) is 0.891. The van der Waals surface area contributed by atoms with Crippen LogP contribution in [0, 0.1) is 5.92 Å². The number of rotatable bonds is 5. The number of carbonyl (C=O) groups is 1. The van der Waals surface area contributed by atoms with E-state index >= 15 is 0 Å². The Kier molecular flexibility index (Phi) is 5.07. The first-order chi connectivity index (χ1) is 10.8. The maximum absolute atomic E-state index is 12.1. The third-order valence-electron chi connectivity index (χ3n) is 4.51. The zero-order chi connectivity index (χ0) is 15.2. The fourth-order valence-corrected chi connectivity index (χ4v) is 3.31. The molecule has 1 aliphatic carbocycles. The highest BCUT2D eigenvalue weighted by atomic mass is 16.1. The van der Waals surface area contributed by atoms with Gasteiger partial charge in [-0.15, -0.1) is 0 Å². The largest absolute Gasteiger partial charge is 0.324 e. The van der Waals surface area contributed by atoms with E-state index in [-0.39, 0.29) is 5.91 Å². The molecule has 0 heterocycles. The van der Waals surface area contributed by atoms with Gasteiger partial charge in [0, 0.05) is 11.1 Å². The SMILES string of the molecule is O=C(CNCC1CCCCC1)Nc1cccc2ccccc12. The number of hydrogen-bond acceptors (Lipinski definition) is 2. The van der Waals surface area contributed by atoms with E-state index in [9.17, 15) is 4.79 Å². The monoisotopic (exact) mass is 296 g/mol. The van der Waals surface area contributed by atoms with E-state index in [1.807, 2.05) is 30.3 Å². The highest BCUT2D eigenvalue weighted by molar-refractivity contribution is 6.02. The minimum atomic E-state index is 0.0344. The molecule has 1 aliphatic rings. The van der Waals surface area contributed by atoms with Gasteiger partial charge in [-0.3, -0.25) is 4.79 Å². The van der Waals surface area contributed by atoms with Crippen LogP contribution < -0.4 is 10.6 Å². The van der Waals surface area contributed by atoms with Crippen LogP contribution in [0.5, 0.6) is 0 Å². The lowest BCUT2D eigenvalue weighted by molar-refractivity contribution is -0.115. The number of anilines is 1. The van der Waals surface area contributed by atoms with Crippen molar-refractivity contribution in [1.82, 2.24) is 5.32 Å². The van der Waals surface area contributed by atoms with Crippen molar-refractivity contribution in [2.24, 2.45) is 5.92 Å². The van der Waals surface area contributed by atoms with Crippen molar-refractivity contribution in [2.45, 2.75) is 32.1 Å². The van der Waals surface area contributed by atoms with Gasteiger partial charge in [-0.2, -0.15) is 0 Å². The Morgan fingerprint density at radius 1 is 1.00 bits per heavy atom. The van der Waals surface area contributed by atoms with Crippen LogP contribution in [0.2, 0.25) is 0 Å². The van der Waals surface area contributed by atoms with Gasteiger partial charge < -0.3 is 10.6 Å². The van der Waals surface area contributed by atoms with Gasteiger partial charge in [0.05, 0.1) is 6.54 Å². The van der Waals surface area contributed by atoms with Gasteiger partial charge in [0.2, 0.25) is 5.91 Å². The van der Waals surface area contributed by atoms with Gasteiger partial charge in [0.15, 0.2) is 0 Å². The lowest BCUT2D eigenvalue weighted by Gasteiger charge is -2.21. The summed E-state index contributed by atoms with van der Waals surface area (Å²) in [5, 5.41) is 8.57. The van der Waals surface area contributed by atoms with E-state index in [1.165, 1.54) is 32.1 Å². The fourth-order valence-electron chi connectivity index (χ4n) is 3.31. The highest BCUT2D eigenvalue weighted by Crippen LogP contribution is 2.23. The van der Waals surface area contributed by atoms with Crippen molar-refractivity contribution >= 4 is 22.4 Å². The smallest absolute Gasteiger partial charge is 0.238 e. The molecular formula is C19H24N2O. The van der Waals surface area contributed by atoms with Crippen LogP contribution in [0.1, 0.15) is 32.1 Å². The lowest BCUT2D eigenvalue weighted by Crippen LogP contribution is -2.32. The Labute approximate surface area is 132 Å². The molecule has 22 heavy (non-hydrogen) atoms. The van der Waals surface area contributed by atoms with Gasteiger partial charge in [-0.1, -0.05) is 55.7 Å². The standard InChI is InChI=1S/C19H24N2O/c22-19(14-20-13-15-7-2-1-3-8-15)21-18-12-6-10-16-9-4-5-11-17(16)18/h4-6,9-12,15,20H,1-3,7-8,13-14H2,(H,21,22). The zero-order valence-electron chi connectivity index (χ0n) is 13.0. The number of carbonyl (C=O) groups excluding carboxylic acids is 1. The van der Waals surface area contributed by atoms with Crippen molar-refractivity contribution < 1.29 is 4.79 Å². The summed E-state index contributed by atoms with van der Waals surface area (Å²) in [6.45, 7) is 1.35. The Bertz CT molecular complexity index is 627. The molecule has 0 bridgehead atoms. The molecule has 3 nitrogen and oxygen atoms in total. The second-order valence-electron chi connectivity index (χ2n) is 6.21. The molecule has 0 aromatic heterocycles. The molecule has 0 radical (unpaired) electrons. The van der Waals surface area contributed by atoms with Crippen LogP contribution >= 0.6 is 0 Å². The van der Waals surface area contributed by atoms with E-state index < -0.39 is 0 Å². The first-order valence-electron chi connectivity index (χ1n) is 8.31. The molecule has 3 rings (SSSR count). The second-order valence-corrected chi connectivity index (χ2v) is 6.21. The molecule has 0 spiro atoms. The van der Waals surface area contributed by atoms with Gasteiger partial charge in [-0.05, 0) is 36.8 Å². The predicted molar refractivity (Wildman–Crippen MR) is 92.0 cm³/mol. The Balaban J connectivity index is 1.52. The molecule has 1 amide bonds. The zero-order valence-corrected chi connectivity index (χ0v) is 13.0. The summed E-state index contributed by atoms with van der Waals surface area (Å²) in [5.74, 6) is 0.784. The molecular weight excluding hydrogens is 272 g/mol. The molecule has 116 valence electrons. The maximum atomic E-state index is 12.1. The minimum absolute atomic E-state index is 0.0344. The van der Waals surface area contributed by atoms with Crippen LogP contribution in [0.3, 0.4) is 0 Å². The number of hydrogen-bond donors (Lipinski definition) is 2. The van der Waals surface area contributed by atoms with Crippen molar-refractivity contribution in [1.29, 1.82) is 0 Å². The molecule has 2 aromatic rings. The van der Waals surface area contributed by atoms with Gasteiger partial charge in [0.25, 0.3) is 0 Å². The summed E-state index contributed by atoms with van der Waals surface area (Å²) in [4.78, 5) is 12.1. The minimum Gasteiger partial charge on any atom is -0.324 e. The average molecular weight is 296 g/mol. The molecule has 0 aliphatic heterocycles. The average Bonchev–Trinajstić information content (AvgIpc) is 2.56. The Morgan fingerprint density at radius 2 is 1.77 bits per heavy atom. The summed E-state index contributed by atoms with van der Waals surface area (Å²) in [6, 6.07) is 14.1. The van der Waals surface area contributed by atoms with Crippen LogP contribution in [-0.2, 0) is 4.79 Å². The highest BCUT2D eigenvalue weighted by Gasteiger charge is 2.13. The summed E-state index contributed by atoms with van der Waals surface area (Å²) >= 11 is 0. The van der Waals surface area contributed by atoms with E-state index in [0.717, 1.165) is 28.9 Å². The van der Waals surface area contributed by atoms with E-state index in [1.54, 1.807) is 0 Å². The molecule has 2 aromatic carbocycles. The Morgan fingerprint density at radius 3 is 2.64 bits per heavy atom. The molecule has 1 saturated carbocycles. The molecule has 2 N–H and O–H groups in total. The van der Waals surface area contributed by atoms with E-state index in [2.05, 4.69) is 22.8 Å². The molecule has 0 atom stereocenters. The summed E-state index contributed by atoms with van der Waals surface area (Å²) in [7, 11) is 0. The van der Waals surface area contributed by atoms with Crippen LogP contribution in [0.15, 0.2) is 42.5 Å². The number of amides is 1. The Hall–Kier alpha value is -1.87. The fraction of sp³-hybridized carbons (Fsp3) is 0.421. The first-order valence-corrected chi connectivity index (χ1v) is 8.31. The number of fused-ring (bicyclic) bond motifs is 1. The normalized spacial score (nSPS) is 15.8.